The predicted molar refractivity (Wildman–Crippen MR) is 90.2 cm³/mol. The summed E-state index contributed by atoms with van der Waals surface area (Å²) in [7, 11) is 0. The Balaban J connectivity index is 2.60. The number of rotatable bonds is 5. The molecule has 1 heterocycles. The van der Waals surface area contributed by atoms with Crippen LogP contribution in [0.15, 0.2) is 39.7 Å². The Kier molecular flexibility index (Phi) is 5.50. The number of halogens is 1. The third kappa shape index (κ3) is 3.76. The summed E-state index contributed by atoms with van der Waals surface area (Å²) < 4.78 is 6.59. The molecule has 0 N–H and O–H groups in total. The molecule has 0 saturated carbocycles. The minimum atomic E-state index is -0.510. The minimum absolute atomic E-state index is 0.194. The highest BCUT2D eigenvalue weighted by atomic mass is 79.9. The Labute approximate surface area is 142 Å². The van der Waals surface area contributed by atoms with E-state index in [4.69, 9.17) is 4.74 Å². The number of hydrogen-bond acceptors (Lipinski definition) is 4. The SMILES string of the molecule is CCOC(=O)Cc1c(Br)c(C=O)cn(-c2ccc(C)cc2)c1=O. The molecule has 0 unspecified atom stereocenters. The second kappa shape index (κ2) is 7.37. The minimum Gasteiger partial charge on any atom is -0.466 e. The smallest absolute Gasteiger partial charge is 0.310 e. The highest BCUT2D eigenvalue weighted by Gasteiger charge is 2.18. The fraction of sp³-hybridized carbons (Fsp3) is 0.235. The van der Waals surface area contributed by atoms with Crippen LogP contribution in [0.1, 0.15) is 28.4 Å². The van der Waals surface area contributed by atoms with Gasteiger partial charge in [0.1, 0.15) is 0 Å². The first kappa shape index (κ1) is 17.1. The van der Waals surface area contributed by atoms with Crippen LogP contribution in [0.3, 0.4) is 0 Å². The van der Waals surface area contributed by atoms with E-state index >= 15 is 0 Å². The average molecular weight is 378 g/mol. The molecule has 0 aliphatic heterocycles. The summed E-state index contributed by atoms with van der Waals surface area (Å²) in [4.78, 5) is 35.7. The lowest BCUT2D eigenvalue weighted by atomic mass is 10.1. The van der Waals surface area contributed by atoms with Crippen molar-refractivity contribution in [2.45, 2.75) is 20.3 Å². The highest BCUT2D eigenvalue weighted by Crippen LogP contribution is 2.20. The van der Waals surface area contributed by atoms with Gasteiger partial charge < -0.3 is 4.74 Å². The number of aromatic nitrogens is 1. The summed E-state index contributed by atoms with van der Waals surface area (Å²) in [6.45, 7) is 3.87. The number of aldehydes is 1. The van der Waals surface area contributed by atoms with Crippen LogP contribution < -0.4 is 5.56 Å². The molecule has 0 aliphatic carbocycles. The third-order valence-electron chi connectivity index (χ3n) is 3.33. The van der Waals surface area contributed by atoms with Gasteiger partial charge in [0.05, 0.1) is 13.0 Å². The molecule has 0 aliphatic rings. The molecule has 5 nitrogen and oxygen atoms in total. The molecule has 0 atom stereocenters. The van der Waals surface area contributed by atoms with Crippen molar-refractivity contribution in [3.8, 4) is 5.69 Å². The summed E-state index contributed by atoms with van der Waals surface area (Å²) in [5.74, 6) is -0.510. The molecule has 0 bridgehead atoms. The Hall–Kier alpha value is -2.21. The standard InChI is InChI=1S/C17H16BrNO4/c1-3-23-15(21)8-14-16(18)12(10-20)9-19(17(14)22)13-6-4-11(2)5-7-13/h4-7,9-10H,3,8H2,1-2H3. The molecule has 0 spiro atoms. The molecule has 0 saturated heterocycles. The van der Waals surface area contributed by atoms with E-state index < -0.39 is 5.97 Å². The molecular weight excluding hydrogens is 362 g/mol. The van der Waals surface area contributed by atoms with Crippen molar-refractivity contribution in [3.63, 3.8) is 0 Å². The zero-order chi connectivity index (χ0) is 17.0. The molecule has 120 valence electrons. The fourth-order valence-electron chi connectivity index (χ4n) is 2.16. The van der Waals surface area contributed by atoms with E-state index in [0.29, 0.717) is 22.0 Å². The average Bonchev–Trinajstić information content (AvgIpc) is 2.53. The van der Waals surface area contributed by atoms with E-state index in [1.807, 2.05) is 19.1 Å². The maximum atomic E-state index is 12.7. The molecule has 1 aromatic heterocycles. The van der Waals surface area contributed by atoms with Gasteiger partial charge in [-0.25, -0.2) is 0 Å². The number of nitrogens with zero attached hydrogens (tertiary/aromatic N) is 1. The first-order valence-electron chi connectivity index (χ1n) is 7.09. The van der Waals surface area contributed by atoms with E-state index in [0.717, 1.165) is 5.56 Å². The fourth-order valence-corrected chi connectivity index (χ4v) is 2.66. The quantitative estimate of drug-likeness (QED) is 0.593. The molecule has 6 heteroatoms. The lowest BCUT2D eigenvalue weighted by Crippen LogP contribution is -2.26. The van der Waals surface area contributed by atoms with E-state index in [1.165, 1.54) is 10.8 Å². The number of carbonyl (C=O) groups excluding carboxylic acids is 2. The predicted octanol–water partition coefficient (Wildman–Crippen LogP) is 2.83. The Morgan fingerprint density at radius 3 is 2.52 bits per heavy atom. The molecule has 2 aromatic rings. The number of esters is 1. The number of carbonyl (C=O) groups is 2. The summed E-state index contributed by atoms with van der Waals surface area (Å²) >= 11 is 3.24. The van der Waals surface area contributed by atoms with Crippen LogP contribution >= 0.6 is 15.9 Å². The van der Waals surface area contributed by atoms with Gasteiger partial charge in [-0.1, -0.05) is 17.7 Å². The van der Waals surface area contributed by atoms with Crippen molar-refractivity contribution in [2.24, 2.45) is 0 Å². The van der Waals surface area contributed by atoms with Crippen molar-refractivity contribution < 1.29 is 14.3 Å². The van der Waals surface area contributed by atoms with Crippen LogP contribution in [-0.2, 0) is 16.0 Å². The van der Waals surface area contributed by atoms with Crippen molar-refractivity contribution in [1.82, 2.24) is 4.57 Å². The van der Waals surface area contributed by atoms with Crippen LogP contribution in [0.25, 0.3) is 5.69 Å². The maximum Gasteiger partial charge on any atom is 0.310 e. The number of hydrogen-bond donors (Lipinski definition) is 0. The van der Waals surface area contributed by atoms with Crippen molar-refractivity contribution in [2.75, 3.05) is 6.61 Å². The Morgan fingerprint density at radius 1 is 1.30 bits per heavy atom. The summed E-state index contributed by atoms with van der Waals surface area (Å²) in [5.41, 5.74) is 1.82. The van der Waals surface area contributed by atoms with Crippen LogP contribution in [0.2, 0.25) is 0 Å². The van der Waals surface area contributed by atoms with Crippen LogP contribution in [0.4, 0.5) is 0 Å². The molecule has 23 heavy (non-hydrogen) atoms. The second-order valence-corrected chi connectivity index (χ2v) is 5.78. The van der Waals surface area contributed by atoms with Gasteiger partial charge in [0.25, 0.3) is 5.56 Å². The summed E-state index contributed by atoms with van der Waals surface area (Å²) in [6.07, 6.45) is 1.91. The maximum absolute atomic E-state index is 12.7. The Bertz CT molecular complexity index is 793. The number of ether oxygens (including phenoxy) is 1. The number of aryl methyl sites for hydroxylation is 1. The highest BCUT2D eigenvalue weighted by molar-refractivity contribution is 9.10. The number of pyridine rings is 1. The lowest BCUT2D eigenvalue weighted by Gasteiger charge is -2.12. The summed E-state index contributed by atoms with van der Waals surface area (Å²) in [5, 5.41) is 0. The van der Waals surface area contributed by atoms with Gasteiger partial charge in [0.15, 0.2) is 6.29 Å². The van der Waals surface area contributed by atoms with Crippen molar-refractivity contribution in [1.29, 1.82) is 0 Å². The van der Waals surface area contributed by atoms with Gasteiger partial charge in [0, 0.05) is 27.5 Å². The monoisotopic (exact) mass is 377 g/mol. The molecule has 0 fully saturated rings. The molecule has 1 aromatic carbocycles. The van der Waals surface area contributed by atoms with Crippen LogP contribution in [0.5, 0.6) is 0 Å². The first-order valence-corrected chi connectivity index (χ1v) is 7.89. The number of benzene rings is 1. The van der Waals surface area contributed by atoms with Gasteiger partial charge in [-0.3, -0.25) is 19.0 Å². The Morgan fingerprint density at radius 2 is 1.96 bits per heavy atom. The van der Waals surface area contributed by atoms with Crippen molar-refractivity contribution in [3.05, 3.63) is 62.0 Å². The third-order valence-corrected chi connectivity index (χ3v) is 4.27. The van der Waals surface area contributed by atoms with E-state index in [2.05, 4.69) is 15.9 Å². The van der Waals surface area contributed by atoms with Crippen LogP contribution in [-0.4, -0.2) is 23.4 Å². The normalized spacial score (nSPS) is 10.4. The van der Waals surface area contributed by atoms with Gasteiger partial charge in [-0.15, -0.1) is 0 Å². The molecular formula is C17H16BrNO4. The van der Waals surface area contributed by atoms with E-state index in [1.54, 1.807) is 19.1 Å². The van der Waals surface area contributed by atoms with E-state index in [9.17, 15) is 14.4 Å². The topological polar surface area (TPSA) is 65.4 Å². The van der Waals surface area contributed by atoms with Crippen molar-refractivity contribution >= 4 is 28.2 Å². The second-order valence-electron chi connectivity index (χ2n) is 4.99. The first-order chi connectivity index (χ1) is 11.0. The van der Waals surface area contributed by atoms with Gasteiger partial charge in [0.2, 0.25) is 0 Å². The molecule has 0 radical (unpaired) electrons. The molecule has 2 rings (SSSR count). The largest absolute Gasteiger partial charge is 0.466 e. The van der Waals surface area contributed by atoms with Gasteiger partial charge in [-0.05, 0) is 41.9 Å². The summed E-state index contributed by atoms with van der Waals surface area (Å²) in [6, 6.07) is 7.31. The molecule has 0 amide bonds. The zero-order valence-corrected chi connectivity index (χ0v) is 14.4. The van der Waals surface area contributed by atoms with Gasteiger partial charge >= 0.3 is 5.97 Å². The van der Waals surface area contributed by atoms with E-state index in [-0.39, 0.29) is 24.2 Å². The van der Waals surface area contributed by atoms with Gasteiger partial charge in [-0.2, -0.15) is 0 Å². The lowest BCUT2D eigenvalue weighted by molar-refractivity contribution is -0.142. The van der Waals surface area contributed by atoms with Crippen LogP contribution in [0, 0.1) is 6.92 Å². The zero-order valence-electron chi connectivity index (χ0n) is 12.8.